The summed E-state index contributed by atoms with van der Waals surface area (Å²) in [7, 11) is -3.49. The van der Waals surface area contributed by atoms with E-state index in [0.29, 0.717) is 15.9 Å². The summed E-state index contributed by atoms with van der Waals surface area (Å²) in [5.41, 5.74) is 0.732. The quantitative estimate of drug-likeness (QED) is 0.770. The first-order chi connectivity index (χ1) is 9.92. The predicted octanol–water partition coefficient (Wildman–Crippen LogP) is 3.17. The second-order valence-corrected chi connectivity index (χ2v) is 8.14. The van der Waals surface area contributed by atoms with Gasteiger partial charge in [0.2, 0.25) is 10.0 Å². The van der Waals surface area contributed by atoms with E-state index in [4.69, 9.17) is 0 Å². The third kappa shape index (κ3) is 3.86. The van der Waals surface area contributed by atoms with Crippen LogP contribution < -0.4 is 10.0 Å². The summed E-state index contributed by atoms with van der Waals surface area (Å²) < 4.78 is 28.9. The topological polar surface area (TPSA) is 58.2 Å². The van der Waals surface area contributed by atoms with Gasteiger partial charge < -0.3 is 5.32 Å². The normalized spacial score (nSPS) is 17.5. The molecule has 1 aliphatic carbocycles. The number of rotatable bonds is 7. The van der Waals surface area contributed by atoms with E-state index in [1.165, 1.54) is 0 Å². The van der Waals surface area contributed by atoms with Gasteiger partial charge in [0.15, 0.2) is 0 Å². The maximum atomic E-state index is 12.7. The van der Waals surface area contributed by atoms with Gasteiger partial charge in [0.05, 0.1) is 4.90 Å². The van der Waals surface area contributed by atoms with Crippen LogP contribution in [-0.2, 0) is 16.6 Å². The second kappa shape index (κ2) is 6.77. The number of halogens is 1. The number of nitrogens with one attached hydrogen (secondary N) is 2. The van der Waals surface area contributed by atoms with Crippen LogP contribution in [0, 0.1) is 0 Å². The zero-order chi connectivity index (χ0) is 15.5. The minimum Gasteiger partial charge on any atom is -0.313 e. The molecule has 1 aromatic carbocycles. The average molecular weight is 375 g/mol. The molecule has 1 aromatic rings. The van der Waals surface area contributed by atoms with Gasteiger partial charge in [-0.3, -0.25) is 0 Å². The standard InChI is InChI=1S/C15H23BrN2O2S/c1-3-15(8-5-9-15)18-21(19,20)14-10-12(11-17-4-2)6-7-13(14)16/h6-7,10,17-18H,3-5,8-9,11H2,1-2H3. The Hall–Kier alpha value is -0.430. The highest BCUT2D eigenvalue weighted by Gasteiger charge is 2.39. The van der Waals surface area contributed by atoms with Crippen LogP contribution in [0.3, 0.4) is 0 Å². The molecule has 0 radical (unpaired) electrons. The molecule has 0 bridgehead atoms. The van der Waals surface area contributed by atoms with E-state index in [2.05, 4.69) is 26.0 Å². The Bertz CT molecular complexity index is 592. The fourth-order valence-electron chi connectivity index (χ4n) is 2.60. The molecule has 1 fully saturated rings. The predicted molar refractivity (Wildman–Crippen MR) is 88.7 cm³/mol. The molecule has 0 spiro atoms. The van der Waals surface area contributed by atoms with E-state index < -0.39 is 10.0 Å². The van der Waals surface area contributed by atoms with Gasteiger partial charge in [-0.2, -0.15) is 0 Å². The lowest BCUT2D eigenvalue weighted by molar-refractivity contribution is 0.214. The van der Waals surface area contributed by atoms with Crippen molar-refractivity contribution in [2.75, 3.05) is 6.54 Å². The van der Waals surface area contributed by atoms with E-state index in [9.17, 15) is 8.42 Å². The van der Waals surface area contributed by atoms with Gasteiger partial charge in [0.1, 0.15) is 0 Å². The highest BCUT2D eigenvalue weighted by atomic mass is 79.9. The second-order valence-electron chi connectivity index (χ2n) is 5.64. The van der Waals surface area contributed by atoms with Crippen LogP contribution in [0.15, 0.2) is 27.6 Å². The van der Waals surface area contributed by atoms with Gasteiger partial charge in [-0.1, -0.05) is 19.9 Å². The van der Waals surface area contributed by atoms with Gasteiger partial charge in [-0.15, -0.1) is 0 Å². The lowest BCUT2D eigenvalue weighted by Crippen LogP contribution is -2.52. The largest absolute Gasteiger partial charge is 0.313 e. The van der Waals surface area contributed by atoms with Crippen molar-refractivity contribution in [1.82, 2.24) is 10.0 Å². The number of hydrogen-bond acceptors (Lipinski definition) is 3. The molecule has 2 N–H and O–H groups in total. The average Bonchev–Trinajstić information content (AvgIpc) is 2.42. The Labute approximate surface area is 135 Å². The van der Waals surface area contributed by atoms with Gasteiger partial charge in [0, 0.05) is 16.6 Å². The zero-order valence-corrected chi connectivity index (χ0v) is 15.0. The first kappa shape index (κ1) is 16.9. The summed E-state index contributed by atoms with van der Waals surface area (Å²) in [6.45, 7) is 5.60. The number of benzene rings is 1. The SMILES string of the molecule is CCNCc1ccc(Br)c(S(=O)(=O)NC2(CC)CCC2)c1. The van der Waals surface area contributed by atoms with Crippen molar-refractivity contribution in [3.8, 4) is 0 Å². The lowest BCUT2D eigenvalue weighted by atomic mass is 9.76. The molecule has 0 aliphatic heterocycles. The third-order valence-corrected chi connectivity index (χ3v) is 6.78. The molecule has 0 unspecified atom stereocenters. The maximum absolute atomic E-state index is 12.7. The van der Waals surface area contributed by atoms with Crippen LogP contribution in [0.2, 0.25) is 0 Å². The van der Waals surface area contributed by atoms with Gasteiger partial charge >= 0.3 is 0 Å². The third-order valence-electron chi connectivity index (χ3n) is 4.20. The van der Waals surface area contributed by atoms with Crippen molar-refractivity contribution in [1.29, 1.82) is 0 Å². The van der Waals surface area contributed by atoms with Gasteiger partial charge in [-0.25, -0.2) is 13.1 Å². The van der Waals surface area contributed by atoms with Crippen molar-refractivity contribution in [3.63, 3.8) is 0 Å². The van der Waals surface area contributed by atoms with E-state index in [-0.39, 0.29) is 5.54 Å². The summed E-state index contributed by atoms with van der Waals surface area (Å²) in [6.07, 6.45) is 3.79. The number of sulfonamides is 1. The van der Waals surface area contributed by atoms with Crippen LogP contribution in [0.5, 0.6) is 0 Å². The highest BCUT2D eigenvalue weighted by molar-refractivity contribution is 9.10. The number of hydrogen-bond donors (Lipinski definition) is 2. The molecule has 0 amide bonds. The van der Waals surface area contributed by atoms with Crippen molar-refractivity contribution in [2.45, 2.75) is 56.5 Å². The molecule has 2 rings (SSSR count). The lowest BCUT2D eigenvalue weighted by Gasteiger charge is -2.41. The van der Waals surface area contributed by atoms with Crippen LogP contribution >= 0.6 is 15.9 Å². The smallest absolute Gasteiger partial charge is 0.242 e. The summed E-state index contributed by atoms with van der Waals surface area (Å²) in [6, 6.07) is 5.49. The Morgan fingerprint density at radius 3 is 2.52 bits per heavy atom. The van der Waals surface area contributed by atoms with Crippen molar-refractivity contribution >= 4 is 26.0 Å². The Morgan fingerprint density at radius 2 is 2.00 bits per heavy atom. The van der Waals surface area contributed by atoms with Crippen LogP contribution in [0.4, 0.5) is 0 Å². The van der Waals surface area contributed by atoms with Crippen LogP contribution in [0.1, 0.15) is 45.1 Å². The molecule has 118 valence electrons. The van der Waals surface area contributed by atoms with Crippen LogP contribution in [-0.4, -0.2) is 20.5 Å². The summed E-state index contributed by atoms with van der Waals surface area (Å²) in [4.78, 5) is 0.331. The molecule has 0 aromatic heterocycles. The van der Waals surface area contributed by atoms with Crippen molar-refractivity contribution in [2.24, 2.45) is 0 Å². The molecular formula is C15H23BrN2O2S. The molecule has 6 heteroatoms. The summed E-state index contributed by atoms with van der Waals surface area (Å²) in [5.74, 6) is 0. The fourth-order valence-corrected chi connectivity index (χ4v) is 5.15. The molecule has 1 aliphatic rings. The highest BCUT2D eigenvalue weighted by Crippen LogP contribution is 2.36. The molecule has 21 heavy (non-hydrogen) atoms. The van der Waals surface area contributed by atoms with E-state index in [0.717, 1.165) is 37.8 Å². The molecule has 0 saturated heterocycles. The minimum atomic E-state index is -3.49. The summed E-state index contributed by atoms with van der Waals surface area (Å²) >= 11 is 3.36. The monoisotopic (exact) mass is 374 g/mol. The van der Waals surface area contributed by atoms with Crippen molar-refractivity contribution < 1.29 is 8.42 Å². The minimum absolute atomic E-state index is 0.240. The molecule has 0 atom stereocenters. The van der Waals surface area contributed by atoms with E-state index >= 15 is 0 Å². The maximum Gasteiger partial charge on any atom is 0.242 e. The molecule has 4 nitrogen and oxygen atoms in total. The Kier molecular flexibility index (Phi) is 5.46. The first-order valence-corrected chi connectivity index (χ1v) is 9.73. The molecular weight excluding hydrogens is 352 g/mol. The van der Waals surface area contributed by atoms with E-state index in [1.807, 2.05) is 19.9 Å². The zero-order valence-electron chi connectivity index (χ0n) is 12.6. The van der Waals surface area contributed by atoms with Gasteiger partial charge in [0.25, 0.3) is 0 Å². The Morgan fingerprint density at radius 1 is 1.29 bits per heavy atom. The van der Waals surface area contributed by atoms with E-state index in [1.54, 1.807) is 12.1 Å². The van der Waals surface area contributed by atoms with Crippen LogP contribution in [0.25, 0.3) is 0 Å². The van der Waals surface area contributed by atoms with Gasteiger partial charge in [-0.05, 0) is 65.9 Å². The fraction of sp³-hybridized carbons (Fsp3) is 0.600. The Balaban J connectivity index is 2.26. The summed E-state index contributed by atoms with van der Waals surface area (Å²) in [5, 5.41) is 3.21. The molecule has 0 heterocycles. The molecule has 1 saturated carbocycles. The van der Waals surface area contributed by atoms with Crippen molar-refractivity contribution in [3.05, 3.63) is 28.2 Å². The first-order valence-electron chi connectivity index (χ1n) is 7.45.